The first kappa shape index (κ1) is 13.5. The zero-order valence-electron chi connectivity index (χ0n) is 11.1. The molecule has 1 fully saturated rings. The fourth-order valence-electron chi connectivity index (χ4n) is 2.72. The predicted octanol–water partition coefficient (Wildman–Crippen LogP) is 2.21. The van der Waals surface area contributed by atoms with E-state index in [2.05, 4.69) is 33.0 Å². The topological polar surface area (TPSA) is 38.3 Å². The third-order valence-electron chi connectivity index (χ3n) is 4.16. The molecule has 16 heavy (non-hydrogen) atoms. The summed E-state index contributed by atoms with van der Waals surface area (Å²) in [5, 5.41) is 3.56. The summed E-state index contributed by atoms with van der Waals surface area (Å²) in [6.45, 7) is 11.2. The minimum Gasteiger partial charge on any atom is -0.466 e. The molecular formula is C13H25NO2. The van der Waals surface area contributed by atoms with Gasteiger partial charge in [-0.1, -0.05) is 13.8 Å². The summed E-state index contributed by atoms with van der Waals surface area (Å²) < 4.78 is 5.05. The highest BCUT2D eigenvalue weighted by Crippen LogP contribution is 2.33. The van der Waals surface area contributed by atoms with Crippen LogP contribution in [0.3, 0.4) is 0 Å². The van der Waals surface area contributed by atoms with Gasteiger partial charge in [0.05, 0.1) is 6.61 Å². The summed E-state index contributed by atoms with van der Waals surface area (Å²) in [6, 6.07) is 0.955. The molecular weight excluding hydrogens is 202 g/mol. The molecule has 0 aliphatic carbocycles. The van der Waals surface area contributed by atoms with Gasteiger partial charge >= 0.3 is 5.97 Å². The Balaban J connectivity index is 2.63. The standard InChI is InChI=1S/C13H25NO2/c1-6-16-13(15)7-12-8(2)10(4)14-11(5)9(12)3/h8-12,14H,6-7H2,1-5H3/t8-,9-,10-,11+,12?/m0/s1. The van der Waals surface area contributed by atoms with Gasteiger partial charge in [0.2, 0.25) is 0 Å². The molecule has 1 aliphatic rings. The van der Waals surface area contributed by atoms with Crippen LogP contribution in [0.25, 0.3) is 0 Å². The van der Waals surface area contributed by atoms with Gasteiger partial charge in [0.15, 0.2) is 0 Å². The highest BCUT2D eigenvalue weighted by molar-refractivity contribution is 5.69. The van der Waals surface area contributed by atoms with Gasteiger partial charge in [-0.25, -0.2) is 0 Å². The number of carbonyl (C=O) groups excluding carboxylic acids is 1. The van der Waals surface area contributed by atoms with Crippen molar-refractivity contribution in [3.63, 3.8) is 0 Å². The molecule has 1 aliphatic heterocycles. The molecule has 0 spiro atoms. The Morgan fingerprint density at radius 2 is 1.62 bits per heavy atom. The maximum Gasteiger partial charge on any atom is 0.306 e. The first-order chi connectivity index (χ1) is 7.47. The number of hydrogen-bond acceptors (Lipinski definition) is 3. The van der Waals surface area contributed by atoms with Gasteiger partial charge in [0.25, 0.3) is 0 Å². The highest BCUT2D eigenvalue weighted by atomic mass is 16.5. The van der Waals surface area contributed by atoms with Gasteiger partial charge in [-0.15, -0.1) is 0 Å². The van der Waals surface area contributed by atoms with Crippen molar-refractivity contribution in [3.8, 4) is 0 Å². The van der Waals surface area contributed by atoms with Crippen LogP contribution in [-0.4, -0.2) is 24.7 Å². The molecule has 0 radical (unpaired) electrons. The summed E-state index contributed by atoms with van der Waals surface area (Å²) in [7, 11) is 0. The number of esters is 1. The fraction of sp³-hybridized carbons (Fsp3) is 0.923. The van der Waals surface area contributed by atoms with Crippen molar-refractivity contribution in [2.75, 3.05) is 6.61 Å². The second-order valence-corrected chi connectivity index (χ2v) is 5.14. The molecule has 0 saturated carbocycles. The first-order valence-electron chi connectivity index (χ1n) is 6.39. The van der Waals surface area contributed by atoms with Gasteiger partial charge in [0.1, 0.15) is 0 Å². The maximum atomic E-state index is 11.6. The largest absolute Gasteiger partial charge is 0.466 e. The Morgan fingerprint density at radius 3 is 2.06 bits per heavy atom. The average Bonchev–Trinajstić information content (AvgIpc) is 2.22. The molecule has 1 rings (SSSR count). The Labute approximate surface area is 98.9 Å². The summed E-state index contributed by atoms with van der Waals surface area (Å²) >= 11 is 0. The normalized spacial score (nSPS) is 39.4. The number of ether oxygens (including phenoxy) is 1. The van der Waals surface area contributed by atoms with Crippen LogP contribution in [0, 0.1) is 17.8 Å². The lowest BCUT2D eigenvalue weighted by Gasteiger charge is -2.43. The van der Waals surface area contributed by atoms with Crippen LogP contribution < -0.4 is 5.32 Å². The monoisotopic (exact) mass is 227 g/mol. The van der Waals surface area contributed by atoms with E-state index in [0.717, 1.165) is 0 Å². The van der Waals surface area contributed by atoms with Crippen LogP contribution in [0.15, 0.2) is 0 Å². The van der Waals surface area contributed by atoms with Gasteiger partial charge < -0.3 is 10.1 Å². The smallest absolute Gasteiger partial charge is 0.306 e. The van der Waals surface area contributed by atoms with Gasteiger partial charge in [0, 0.05) is 18.5 Å². The molecule has 1 heterocycles. The quantitative estimate of drug-likeness (QED) is 0.751. The predicted molar refractivity (Wildman–Crippen MR) is 65.1 cm³/mol. The van der Waals surface area contributed by atoms with Crippen molar-refractivity contribution in [1.82, 2.24) is 5.32 Å². The molecule has 1 unspecified atom stereocenters. The van der Waals surface area contributed by atoms with Crippen molar-refractivity contribution >= 4 is 5.97 Å². The molecule has 0 aromatic carbocycles. The van der Waals surface area contributed by atoms with Crippen molar-refractivity contribution in [1.29, 1.82) is 0 Å². The van der Waals surface area contributed by atoms with Gasteiger partial charge in [-0.3, -0.25) is 4.79 Å². The molecule has 94 valence electrons. The minimum atomic E-state index is -0.0486. The Hall–Kier alpha value is -0.570. The lowest BCUT2D eigenvalue weighted by molar-refractivity contribution is -0.145. The van der Waals surface area contributed by atoms with Crippen LogP contribution in [0.1, 0.15) is 41.0 Å². The third kappa shape index (κ3) is 2.97. The third-order valence-corrected chi connectivity index (χ3v) is 4.16. The van der Waals surface area contributed by atoms with E-state index < -0.39 is 0 Å². The van der Waals surface area contributed by atoms with E-state index in [1.807, 2.05) is 6.92 Å². The van der Waals surface area contributed by atoms with Crippen molar-refractivity contribution in [2.24, 2.45) is 17.8 Å². The van der Waals surface area contributed by atoms with E-state index in [1.54, 1.807) is 0 Å². The van der Waals surface area contributed by atoms with E-state index in [0.29, 0.717) is 42.9 Å². The number of hydrogen-bond donors (Lipinski definition) is 1. The van der Waals surface area contributed by atoms with E-state index in [4.69, 9.17) is 4.74 Å². The van der Waals surface area contributed by atoms with Crippen LogP contribution in [0.2, 0.25) is 0 Å². The van der Waals surface area contributed by atoms with E-state index in [9.17, 15) is 4.79 Å². The second-order valence-electron chi connectivity index (χ2n) is 5.14. The molecule has 0 aromatic rings. The van der Waals surface area contributed by atoms with Crippen molar-refractivity contribution in [2.45, 2.75) is 53.1 Å². The molecule has 3 heteroatoms. The summed E-state index contributed by atoms with van der Waals surface area (Å²) in [5.41, 5.74) is 0. The van der Waals surface area contributed by atoms with Gasteiger partial charge in [-0.05, 0) is 38.5 Å². The van der Waals surface area contributed by atoms with Crippen molar-refractivity contribution < 1.29 is 9.53 Å². The second kappa shape index (κ2) is 5.67. The van der Waals surface area contributed by atoms with Crippen LogP contribution in [-0.2, 0) is 9.53 Å². The summed E-state index contributed by atoms with van der Waals surface area (Å²) in [6.07, 6.45) is 0.562. The highest BCUT2D eigenvalue weighted by Gasteiger charge is 2.37. The first-order valence-corrected chi connectivity index (χ1v) is 6.39. The van der Waals surface area contributed by atoms with Crippen molar-refractivity contribution in [3.05, 3.63) is 0 Å². The Kier molecular flexibility index (Phi) is 4.78. The van der Waals surface area contributed by atoms with Crippen LogP contribution in [0.4, 0.5) is 0 Å². The summed E-state index contributed by atoms with van der Waals surface area (Å²) in [4.78, 5) is 11.6. The Bertz CT molecular complexity index is 228. The lowest BCUT2D eigenvalue weighted by Crippen LogP contribution is -2.53. The maximum absolute atomic E-state index is 11.6. The number of carbonyl (C=O) groups is 1. The van der Waals surface area contributed by atoms with E-state index in [-0.39, 0.29) is 5.97 Å². The van der Waals surface area contributed by atoms with E-state index in [1.165, 1.54) is 0 Å². The minimum absolute atomic E-state index is 0.0486. The molecule has 0 aromatic heterocycles. The fourth-order valence-corrected chi connectivity index (χ4v) is 2.72. The van der Waals surface area contributed by atoms with E-state index >= 15 is 0 Å². The number of rotatable bonds is 3. The summed E-state index contributed by atoms with van der Waals surface area (Å²) in [5.74, 6) is 1.43. The zero-order chi connectivity index (χ0) is 12.3. The number of piperidine rings is 1. The lowest BCUT2D eigenvalue weighted by atomic mass is 9.71. The molecule has 0 bridgehead atoms. The number of nitrogens with one attached hydrogen (secondary N) is 1. The molecule has 0 amide bonds. The molecule has 3 nitrogen and oxygen atoms in total. The SMILES string of the molecule is CCOC(=O)CC1[C@@H](C)[C@H](C)N[C@H](C)[C@@H]1C. The molecule has 1 saturated heterocycles. The average molecular weight is 227 g/mol. The Morgan fingerprint density at radius 1 is 1.12 bits per heavy atom. The van der Waals surface area contributed by atoms with Crippen LogP contribution in [0.5, 0.6) is 0 Å². The molecule has 1 N–H and O–H groups in total. The van der Waals surface area contributed by atoms with Gasteiger partial charge in [-0.2, -0.15) is 0 Å². The molecule has 5 atom stereocenters. The zero-order valence-corrected chi connectivity index (χ0v) is 11.1. The van der Waals surface area contributed by atoms with Crippen LogP contribution >= 0.6 is 0 Å².